The van der Waals surface area contributed by atoms with Crippen molar-refractivity contribution in [1.29, 1.82) is 0 Å². The van der Waals surface area contributed by atoms with Crippen LogP contribution in [0.3, 0.4) is 0 Å². The molecule has 2 aromatic rings. The van der Waals surface area contributed by atoms with Gasteiger partial charge in [0.05, 0.1) is 11.3 Å². The molecule has 0 saturated carbocycles. The third kappa shape index (κ3) is 1.73. The highest BCUT2D eigenvalue weighted by molar-refractivity contribution is 6.31. The van der Waals surface area contributed by atoms with Gasteiger partial charge in [-0.3, -0.25) is 4.79 Å². The molecule has 1 aliphatic rings. The Kier molecular flexibility index (Phi) is 2.49. The number of aryl methyl sites for hydroxylation is 1. The number of amides is 1. The topological polar surface area (TPSA) is 38.3 Å². The lowest BCUT2D eigenvalue weighted by Crippen LogP contribution is -2.10. The maximum atomic E-state index is 12.1. The first-order valence-corrected chi connectivity index (χ1v) is 5.91. The standard InChI is InChI=1S/C14H10ClNO2/c1-8-3-2-4-10-13(8)18-12-6-5-9(15)7-11(12)16-14(10)17/h2-7H,1H3,(H,16,17). The van der Waals surface area contributed by atoms with Crippen molar-refractivity contribution in [3.8, 4) is 11.5 Å². The predicted molar refractivity (Wildman–Crippen MR) is 70.7 cm³/mol. The number of para-hydroxylation sites is 1. The van der Waals surface area contributed by atoms with Crippen molar-refractivity contribution < 1.29 is 9.53 Å². The highest BCUT2D eigenvalue weighted by atomic mass is 35.5. The summed E-state index contributed by atoms with van der Waals surface area (Å²) >= 11 is 5.91. The van der Waals surface area contributed by atoms with Crippen LogP contribution in [-0.2, 0) is 0 Å². The molecule has 4 heteroatoms. The van der Waals surface area contributed by atoms with Crippen LogP contribution in [0.25, 0.3) is 0 Å². The second kappa shape index (κ2) is 4.03. The van der Waals surface area contributed by atoms with Crippen LogP contribution in [-0.4, -0.2) is 5.91 Å². The van der Waals surface area contributed by atoms with Gasteiger partial charge >= 0.3 is 0 Å². The van der Waals surface area contributed by atoms with Crippen LogP contribution in [0.1, 0.15) is 15.9 Å². The van der Waals surface area contributed by atoms with E-state index in [-0.39, 0.29) is 5.91 Å². The van der Waals surface area contributed by atoms with E-state index in [1.165, 1.54) is 0 Å². The van der Waals surface area contributed by atoms with Gasteiger partial charge in [-0.2, -0.15) is 0 Å². The highest BCUT2D eigenvalue weighted by Gasteiger charge is 2.21. The fourth-order valence-electron chi connectivity index (χ4n) is 1.96. The zero-order valence-electron chi connectivity index (χ0n) is 9.66. The summed E-state index contributed by atoms with van der Waals surface area (Å²) in [6.45, 7) is 1.91. The van der Waals surface area contributed by atoms with Gasteiger partial charge in [-0.05, 0) is 36.8 Å². The Hall–Kier alpha value is -2.00. The molecule has 0 bridgehead atoms. The van der Waals surface area contributed by atoms with Gasteiger partial charge in [0.15, 0.2) is 5.75 Å². The van der Waals surface area contributed by atoms with E-state index in [1.54, 1.807) is 24.3 Å². The molecule has 0 spiro atoms. The van der Waals surface area contributed by atoms with E-state index >= 15 is 0 Å². The van der Waals surface area contributed by atoms with Crippen molar-refractivity contribution in [2.45, 2.75) is 6.92 Å². The minimum atomic E-state index is -0.185. The van der Waals surface area contributed by atoms with Crippen molar-refractivity contribution in [1.82, 2.24) is 0 Å². The lowest BCUT2D eigenvalue weighted by molar-refractivity contribution is 0.102. The molecule has 0 saturated heterocycles. The van der Waals surface area contributed by atoms with Gasteiger partial charge in [0.25, 0.3) is 5.91 Å². The quantitative estimate of drug-likeness (QED) is 0.776. The van der Waals surface area contributed by atoms with Crippen molar-refractivity contribution in [2.75, 3.05) is 5.32 Å². The molecule has 0 radical (unpaired) electrons. The molecule has 3 nitrogen and oxygen atoms in total. The number of rotatable bonds is 0. The fourth-order valence-corrected chi connectivity index (χ4v) is 2.13. The largest absolute Gasteiger partial charge is 0.454 e. The summed E-state index contributed by atoms with van der Waals surface area (Å²) in [4.78, 5) is 12.1. The van der Waals surface area contributed by atoms with E-state index in [0.717, 1.165) is 5.56 Å². The normalized spacial score (nSPS) is 12.9. The van der Waals surface area contributed by atoms with E-state index in [9.17, 15) is 4.79 Å². The number of nitrogens with one attached hydrogen (secondary N) is 1. The number of fused-ring (bicyclic) bond motifs is 2. The number of carbonyl (C=O) groups excluding carboxylic acids is 1. The Morgan fingerprint density at radius 1 is 1.22 bits per heavy atom. The van der Waals surface area contributed by atoms with Crippen LogP contribution in [0.15, 0.2) is 36.4 Å². The zero-order valence-corrected chi connectivity index (χ0v) is 10.4. The van der Waals surface area contributed by atoms with Crippen LogP contribution < -0.4 is 10.1 Å². The lowest BCUT2D eigenvalue weighted by Gasteiger charge is -2.09. The molecule has 0 aliphatic carbocycles. The maximum absolute atomic E-state index is 12.1. The number of ether oxygens (including phenoxy) is 1. The van der Waals surface area contributed by atoms with Gasteiger partial charge < -0.3 is 10.1 Å². The van der Waals surface area contributed by atoms with E-state index in [2.05, 4.69) is 5.32 Å². The third-order valence-electron chi connectivity index (χ3n) is 2.86. The second-order valence-corrected chi connectivity index (χ2v) is 4.58. The Balaban J connectivity index is 2.20. The number of hydrogen-bond acceptors (Lipinski definition) is 2. The molecule has 0 aromatic heterocycles. The number of carbonyl (C=O) groups is 1. The van der Waals surface area contributed by atoms with Gasteiger partial charge in [-0.15, -0.1) is 0 Å². The van der Waals surface area contributed by atoms with Gasteiger partial charge in [0, 0.05) is 5.02 Å². The SMILES string of the molecule is Cc1cccc2c1Oc1ccc(Cl)cc1NC2=O. The van der Waals surface area contributed by atoms with Gasteiger partial charge in [0.1, 0.15) is 5.75 Å². The lowest BCUT2D eigenvalue weighted by atomic mass is 10.1. The molecule has 0 atom stereocenters. The minimum absolute atomic E-state index is 0.185. The van der Waals surface area contributed by atoms with Crippen molar-refractivity contribution in [3.05, 3.63) is 52.5 Å². The van der Waals surface area contributed by atoms with Crippen LogP contribution in [0.5, 0.6) is 11.5 Å². The van der Waals surface area contributed by atoms with E-state index in [4.69, 9.17) is 16.3 Å². The number of anilines is 1. The molecule has 1 amide bonds. The molecule has 0 unspecified atom stereocenters. The first-order chi connectivity index (χ1) is 8.65. The summed E-state index contributed by atoms with van der Waals surface area (Å²) in [5.41, 5.74) is 2.04. The smallest absolute Gasteiger partial charge is 0.259 e. The number of benzene rings is 2. The van der Waals surface area contributed by atoms with Gasteiger partial charge in [-0.25, -0.2) is 0 Å². The third-order valence-corrected chi connectivity index (χ3v) is 3.09. The summed E-state index contributed by atoms with van der Waals surface area (Å²) in [5.74, 6) is 1.01. The van der Waals surface area contributed by atoms with Crippen LogP contribution in [0.2, 0.25) is 5.02 Å². The monoisotopic (exact) mass is 259 g/mol. The Bertz CT molecular complexity index is 652. The summed E-state index contributed by atoms with van der Waals surface area (Å²) in [7, 11) is 0. The van der Waals surface area contributed by atoms with E-state index < -0.39 is 0 Å². The second-order valence-electron chi connectivity index (χ2n) is 4.15. The van der Waals surface area contributed by atoms with Crippen LogP contribution in [0.4, 0.5) is 5.69 Å². The molecule has 1 heterocycles. The average molecular weight is 260 g/mol. The molecule has 90 valence electrons. The Morgan fingerprint density at radius 3 is 2.89 bits per heavy atom. The summed E-state index contributed by atoms with van der Waals surface area (Å²) in [5, 5.41) is 3.35. The maximum Gasteiger partial charge on any atom is 0.259 e. The molecular weight excluding hydrogens is 250 g/mol. The summed E-state index contributed by atoms with van der Waals surface area (Å²) in [6.07, 6.45) is 0. The molecular formula is C14H10ClNO2. The molecule has 18 heavy (non-hydrogen) atoms. The summed E-state index contributed by atoms with van der Waals surface area (Å²) in [6, 6.07) is 10.6. The van der Waals surface area contributed by atoms with Crippen molar-refractivity contribution in [3.63, 3.8) is 0 Å². The molecule has 2 aromatic carbocycles. The van der Waals surface area contributed by atoms with Crippen molar-refractivity contribution >= 4 is 23.2 Å². The van der Waals surface area contributed by atoms with E-state index in [0.29, 0.717) is 27.8 Å². The number of hydrogen-bond donors (Lipinski definition) is 1. The molecule has 1 aliphatic heterocycles. The minimum Gasteiger partial charge on any atom is -0.454 e. The fraction of sp³-hybridized carbons (Fsp3) is 0.0714. The molecule has 1 N–H and O–H groups in total. The molecule has 0 fully saturated rings. The van der Waals surface area contributed by atoms with Gasteiger partial charge in [0.2, 0.25) is 0 Å². The van der Waals surface area contributed by atoms with Crippen LogP contribution in [0, 0.1) is 6.92 Å². The predicted octanol–water partition coefficient (Wildman–Crippen LogP) is 4.01. The van der Waals surface area contributed by atoms with Crippen molar-refractivity contribution in [2.24, 2.45) is 0 Å². The summed E-state index contributed by atoms with van der Waals surface area (Å²) < 4.78 is 5.82. The van der Waals surface area contributed by atoms with E-state index in [1.807, 2.05) is 19.1 Å². The van der Waals surface area contributed by atoms with Gasteiger partial charge in [-0.1, -0.05) is 23.7 Å². The van der Waals surface area contributed by atoms with Crippen LogP contribution >= 0.6 is 11.6 Å². The Labute approximate surface area is 109 Å². The first kappa shape index (κ1) is 11.1. The highest BCUT2D eigenvalue weighted by Crippen LogP contribution is 2.38. The molecule has 3 rings (SSSR count). The number of halogens is 1. The first-order valence-electron chi connectivity index (χ1n) is 5.53. The zero-order chi connectivity index (χ0) is 12.7. The average Bonchev–Trinajstić information content (AvgIpc) is 2.47. The Morgan fingerprint density at radius 2 is 2.06 bits per heavy atom.